The van der Waals surface area contributed by atoms with Gasteiger partial charge >= 0.3 is 0 Å². The molecule has 26 heavy (non-hydrogen) atoms. The minimum absolute atomic E-state index is 0.0653. The Balaban J connectivity index is 2.32. The van der Waals surface area contributed by atoms with Gasteiger partial charge in [0.2, 0.25) is 0 Å². The summed E-state index contributed by atoms with van der Waals surface area (Å²) in [7, 11) is 0. The van der Waals surface area contributed by atoms with Crippen LogP contribution in [0.1, 0.15) is 74.9 Å². The van der Waals surface area contributed by atoms with Gasteiger partial charge in [-0.3, -0.25) is 0 Å². The molecule has 1 N–H and O–H groups in total. The van der Waals surface area contributed by atoms with Gasteiger partial charge in [-0.1, -0.05) is 39.8 Å². The maximum Gasteiger partial charge on any atom is 0.122 e. The highest BCUT2D eigenvalue weighted by atomic mass is 32.1. The maximum atomic E-state index is 10.5. The Kier molecular flexibility index (Phi) is 6.92. The minimum atomic E-state index is -0.740. The molecule has 3 heteroatoms. The summed E-state index contributed by atoms with van der Waals surface area (Å²) in [5, 5.41) is 12.7. The van der Waals surface area contributed by atoms with Gasteiger partial charge in [0.05, 0.1) is 5.60 Å². The molecule has 0 unspecified atom stereocenters. The van der Waals surface area contributed by atoms with E-state index in [0.29, 0.717) is 19.4 Å². The van der Waals surface area contributed by atoms with Crippen LogP contribution in [0.25, 0.3) is 0 Å². The molecule has 0 atom stereocenters. The van der Waals surface area contributed by atoms with Crippen LogP contribution < -0.4 is 4.74 Å². The van der Waals surface area contributed by atoms with Crippen LogP contribution >= 0.6 is 11.3 Å². The van der Waals surface area contributed by atoms with E-state index in [1.807, 2.05) is 25.2 Å². The van der Waals surface area contributed by atoms with Gasteiger partial charge in [0.1, 0.15) is 12.4 Å². The summed E-state index contributed by atoms with van der Waals surface area (Å²) in [5.41, 5.74) is 3.16. The quantitative estimate of drug-likeness (QED) is 0.550. The predicted octanol–water partition coefficient (Wildman–Crippen LogP) is 6.40. The number of aliphatic hydroxyl groups is 1. The highest BCUT2D eigenvalue weighted by molar-refractivity contribution is 7.10. The zero-order chi connectivity index (χ0) is 19.4. The normalized spacial score (nSPS) is 12.4. The topological polar surface area (TPSA) is 29.5 Å². The third kappa shape index (κ3) is 4.15. The molecule has 0 fully saturated rings. The first kappa shape index (κ1) is 21.0. The summed E-state index contributed by atoms with van der Waals surface area (Å²) in [6.45, 7) is 13.2. The third-order valence-corrected chi connectivity index (χ3v) is 7.20. The average molecular weight is 375 g/mol. The lowest BCUT2D eigenvalue weighted by Gasteiger charge is -2.32. The zero-order valence-corrected chi connectivity index (χ0v) is 18.0. The van der Waals surface area contributed by atoms with E-state index in [4.69, 9.17) is 4.74 Å². The molecule has 2 rings (SSSR count). The molecule has 0 aliphatic heterocycles. The van der Waals surface area contributed by atoms with Gasteiger partial charge in [0.15, 0.2) is 0 Å². The van der Waals surface area contributed by atoms with Crippen molar-refractivity contribution in [3.05, 3.63) is 51.2 Å². The van der Waals surface area contributed by atoms with Crippen LogP contribution in [0.15, 0.2) is 29.6 Å². The number of thiophene rings is 1. The van der Waals surface area contributed by atoms with Gasteiger partial charge in [0.25, 0.3) is 0 Å². The van der Waals surface area contributed by atoms with Crippen molar-refractivity contribution >= 4 is 11.3 Å². The monoisotopic (exact) mass is 374 g/mol. The van der Waals surface area contributed by atoms with E-state index in [9.17, 15) is 5.11 Å². The summed E-state index contributed by atoms with van der Waals surface area (Å²) in [6.07, 6.45) is 3.56. The summed E-state index contributed by atoms with van der Waals surface area (Å²) in [4.78, 5) is 1.44. The smallest absolute Gasteiger partial charge is 0.122 e. The average Bonchev–Trinajstić information content (AvgIpc) is 3.09. The van der Waals surface area contributed by atoms with Crippen molar-refractivity contribution in [1.82, 2.24) is 0 Å². The van der Waals surface area contributed by atoms with Gasteiger partial charge in [0, 0.05) is 10.3 Å². The lowest BCUT2D eigenvalue weighted by atomic mass is 9.74. The standard InChI is InChI=1S/C23H34O2S/c1-7-22(24,8-2)16-25-20-12-11-19(14-18(20)6)23(9-3,10-4)21-13-17(5)15-26-21/h11-15,24H,7-10,16H2,1-6H3. The Morgan fingerprint density at radius 1 is 0.962 bits per heavy atom. The van der Waals surface area contributed by atoms with Crippen molar-refractivity contribution in [1.29, 1.82) is 0 Å². The lowest BCUT2D eigenvalue weighted by molar-refractivity contribution is -0.0115. The molecule has 1 aromatic carbocycles. The Labute approximate surface area is 163 Å². The molecular weight excluding hydrogens is 340 g/mol. The van der Waals surface area contributed by atoms with E-state index >= 15 is 0 Å². The Hall–Kier alpha value is -1.32. The summed E-state index contributed by atoms with van der Waals surface area (Å²) < 4.78 is 5.98. The molecule has 0 aliphatic rings. The summed E-state index contributed by atoms with van der Waals surface area (Å²) in [6, 6.07) is 8.90. The highest BCUT2D eigenvalue weighted by Gasteiger charge is 2.32. The molecular formula is C23H34O2S. The van der Waals surface area contributed by atoms with Crippen LogP contribution in [0.3, 0.4) is 0 Å². The second-order valence-electron chi connectivity index (χ2n) is 7.48. The number of rotatable bonds is 9. The number of ether oxygens (including phenoxy) is 1. The van der Waals surface area contributed by atoms with Crippen LogP contribution in [0.2, 0.25) is 0 Å². The highest BCUT2D eigenvalue weighted by Crippen LogP contribution is 2.43. The van der Waals surface area contributed by atoms with E-state index in [2.05, 4.69) is 57.3 Å². The third-order valence-electron chi connectivity index (χ3n) is 5.95. The fourth-order valence-corrected chi connectivity index (χ4v) is 4.87. The van der Waals surface area contributed by atoms with Gasteiger partial charge < -0.3 is 9.84 Å². The van der Waals surface area contributed by atoms with E-state index in [0.717, 1.165) is 24.2 Å². The molecule has 144 valence electrons. The molecule has 0 amide bonds. The molecule has 0 radical (unpaired) electrons. The molecule has 0 saturated carbocycles. The number of benzene rings is 1. The van der Waals surface area contributed by atoms with Gasteiger partial charge in [-0.25, -0.2) is 0 Å². The van der Waals surface area contributed by atoms with Crippen LogP contribution in [0.4, 0.5) is 0 Å². The van der Waals surface area contributed by atoms with E-state index in [1.165, 1.54) is 16.0 Å². The van der Waals surface area contributed by atoms with Gasteiger partial charge in [-0.15, -0.1) is 11.3 Å². The van der Waals surface area contributed by atoms with Gasteiger partial charge in [-0.05, 0) is 73.7 Å². The van der Waals surface area contributed by atoms with Crippen molar-refractivity contribution < 1.29 is 9.84 Å². The predicted molar refractivity (Wildman–Crippen MR) is 113 cm³/mol. The van der Waals surface area contributed by atoms with Crippen LogP contribution in [0.5, 0.6) is 5.75 Å². The summed E-state index contributed by atoms with van der Waals surface area (Å²) >= 11 is 1.87. The van der Waals surface area contributed by atoms with Crippen molar-refractivity contribution in [2.45, 2.75) is 78.2 Å². The molecule has 0 aliphatic carbocycles. The van der Waals surface area contributed by atoms with Crippen LogP contribution in [-0.2, 0) is 5.41 Å². The fraction of sp³-hybridized carbons (Fsp3) is 0.565. The van der Waals surface area contributed by atoms with E-state index < -0.39 is 5.60 Å². The van der Waals surface area contributed by atoms with Crippen molar-refractivity contribution in [2.75, 3.05) is 6.61 Å². The summed E-state index contributed by atoms with van der Waals surface area (Å²) in [5.74, 6) is 0.873. The van der Waals surface area contributed by atoms with Crippen LogP contribution in [0, 0.1) is 13.8 Å². The Morgan fingerprint density at radius 2 is 1.62 bits per heavy atom. The zero-order valence-electron chi connectivity index (χ0n) is 17.2. The molecule has 0 spiro atoms. The van der Waals surface area contributed by atoms with Crippen molar-refractivity contribution in [2.24, 2.45) is 0 Å². The largest absolute Gasteiger partial charge is 0.490 e. The first-order chi connectivity index (χ1) is 12.3. The first-order valence-electron chi connectivity index (χ1n) is 9.86. The number of hydrogen-bond acceptors (Lipinski definition) is 3. The van der Waals surface area contributed by atoms with Gasteiger partial charge in [-0.2, -0.15) is 0 Å². The molecule has 1 aromatic heterocycles. The second-order valence-corrected chi connectivity index (χ2v) is 8.39. The minimum Gasteiger partial charge on any atom is -0.490 e. The number of hydrogen-bond donors (Lipinski definition) is 1. The van der Waals surface area contributed by atoms with E-state index in [1.54, 1.807) is 0 Å². The number of aryl methyl sites for hydroxylation is 2. The first-order valence-corrected chi connectivity index (χ1v) is 10.7. The lowest BCUT2D eigenvalue weighted by Crippen LogP contribution is -2.34. The molecule has 2 aromatic rings. The Morgan fingerprint density at radius 3 is 2.08 bits per heavy atom. The molecule has 0 saturated heterocycles. The maximum absolute atomic E-state index is 10.5. The second kappa shape index (κ2) is 8.58. The Bertz CT molecular complexity index is 709. The van der Waals surface area contributed by atoms with Crippen LogP contribution in [-0.4, -0.2) is 17.3 Å². The van der Waals surface area contributed by atoms with Crippen molar-refractivity contribution in [3.8, 4) is 5.75 Å². The molecule has 0 bridgehead atoms. The SMILES string of the molecule is CCC(O)(CC)COc1ccc(C(CC)(CC)c2cc(C)cs2)cc1C. The van der Waals surface area contributed by atoms with Crippen molar-refractivity contribution in [3.63, 3.8) is 0 Å². The molecule has 2 nitrogen and oxygen atoms in total. The molecule has 1 heterocycles. The van der Waals surface area contributed by atoms with E-state index in [-0.39, 0.29) is 5.41 Å². The fourth-order valence-electron chi connectivity index (χ4n) is 3.61.